The van der Waals surface area contributed by atoms with Gasteiger partial charge in [-0.15, -0.1) is 0 Å². The number of para-hydroxylation sites is 3. The Morgan fingerprint density at radius 3 is 2.00 bits per heavy atom. The van der Waals surface area contributed by atoms with Crippen LogP contribution in [0.3, 0.4) is 0 Å². The average molecular weight is 617 g/mol. The zero-order valence-corrected chi connectivity index (χ0v) is 27.1. The number of aromatic nitrogens is 2. The Bertz CT molecular complexity index is 2600. The first-order valence-electron chi connectivity index (χ1n) is 17.1. The third-order valence-corrected chi connectivity index (χ3v) is 9.88. The van der Waals surface area contributed by atoms with Crippen molar-refractivity contribution >= 4 is 43.6 Å². The minimum atomic E-state index is 1.10. The van der Waals surface area contributed by atoms with Crippen molar-refractivity contribution in [2.45, 2.75) is 26.2 Å². The maximum absolute atomic E-state index is 2.52. The number of hydrogen-bond acceptors (Lipinski definition) is 0. The van der Waals surface area contributed by atoms with E-state index in [2.05, 4.69) is 180 Å². The lowest BCUT2D eigenvalue weighted by Crippen LogP contribution is -1.98. The fraction of sp³-hybridized carbons (Fsp3) is 0.0870. The van der Waals surface area contributed by atoms with E-state index in [1.165, 1.54) is 95.6 Å². The van der Waals surface area contributed by atoms with E-state index in [4.69, 9.17) is 0 Å². The summed E-state index contributed by atoms with van der Waals surface area (Å²) in [5.41, 5.74) is 13.6. The monoisotopic (exact) mass is 616 g/mol. The van der Waals surface area contributed by atoms with Gasteiger partial charge in [0.05, 0.1) is 27.8 Å². The molecule has 230 valence electrons. The molecule has 0 aliphatic heterocycles. The third-order valence-electron chi connectivity index (χ3n) is 9.88. The Morgan fingerprint density at radius 1 is 0.458 bits per heavy atom. The van der Waals surface area contributed by atoms with E-state index in [9.17, 15) is 0 Å². The van der Waals surface area contributed by atoms with E-state index in [0.717, 1.165) is 6.42 Å². The maximum atomic E-state index is 2.52. The molecule has 2 aromatic heterocycles. The molecule has 2 heterocycles. The molecule has 0 bridgehead atoms. The molecule has 48 heavy (non-hydrogen) atoms. The number of unbranched alkanes of at least 4 members (excludes halogenated alkanes) is 1. The molecule has 0 saturated carbocycles. The minimum Gasteiger partial charge on any atom is -0.309 e. The van der Waals surface area contributed by atoms with E-state index in [0.29, 0.717) is 0 Å². The first kappa shape index (κ1) is 28.4. The summed E-state index contributed by atoms with van der Waals surface area (Å²) < 4.78 is 4.99. The topological polar surface area (TPSA) is 9.86 Å². The summed E-state index contributed by atoms with van der Waals surface area (Å²) in [6, 6.07) is 60.1. The highest BCUT2D eigenvalue weighted by Crippen LogP contribution is 2.43. The SMILES string of the molecule is CCCCc1cccc(-n2c3ccccc3c3c2ccc2c4ccccc4n(-c4ccccc4-c4cccc(-c5ccccc5)c4)c23)c1. The zero-order valence-electron chi connectivity index (χ0n) is 27.1. The number of rotatable bonds is 7. The molecular formula is C46H36N2. The summed E-state index contributed by atoms with van der Waals surface area (Å²) in [6.45, 7) is 2.26. The summed E-state index contributed by atoms with van der Waals surface area (Å²) in [4.78, 5) is 0. The van der Waals surface area contributed by atoms with Gasteiger partial charge < -0.3 is 9.13 Å². The third kappa shape index (κ3) is 4.56. The van der Waals surface area contributed by atoms with Crippen LogP contribution in [-0.4, -0.2) is 9.13 Å². The number of nitrogens with zero attached hydrogens (tertiary/aromatic N) is 2. The van der Waals surface area contributed by atoms with Crippen LogP contribution in [-0.2, 0) is 6.42 Å². The van der Waals surface area contributed by atoms with Crippen molar-refractivity contribution in [1.29, 1.82) is 0 Å². The highest BCUT2D eigenvalue weighted by molar-refractivity contribution is 6.26. The smallest absolute Gasteiger partial charge is 0.0641 e. The van der Waals surface area contributed by atoms with Gasteiger partial charge in [-0.3, -0.25) is 0 Å². The van der Waals surface area contributed by atoms with Crippen LogP contribution in [0.2, 0.25) is 0 Å². The molecule has 7 aromatic carbocycles. The first-order valence-corrected chi connectivity index (χ1v) is 17.1. The molecule has 0 N–H and O–H groups in total. The molecule has 2 nitrogen and oxygen atoms in total. The normalized spacial score (nSPS) is 11.7. The van der Waals surface area contributed by atoms with E-state index in [1.54, 1.807) is 0 Å². The van der Waals surface area contributed by atoms with Gasteiger partial charge >= 0.3 is 0 Å². The lowest BCUT2D eigenvalue weighted by Gasteiger charge is -2.15. The van der Waals surface area contributed by atoms with E-state index < -0.39 is 0 Å². The molecule has 9 aromatic rings. The van der Waals surface area contributed by atoms with Gasteiger partial charge in [0.25, 0.3) is 0 Å². The molecule has 0 saturated heterocycles. The van der Waals surface area contributed by atoms with Gasteiger partial charge in [0.1, 0.15) is 0 Å². The van der Waals surface area contributed by atoms with Gasteiger partial charge in [0.15, 0.2) is 0 Å². The first-order chi connectivity index (χ1) is 23.8. The van der Waals surface area contributed by atoms with Crippen molar-refractivity contribution in [1.82, 2.24) is 9.13 Å². The van der Waals surface area contributed by atoms with Crippen molar-refractivity contribution in [2.75, 3.05) is 0 Å². The van der Waals surface area contributed by atoms with E-state index >= 15 is 0 Å². The molecule has 2 heteroatoms. The Morgan fingerprint density at radius 2 is 1.15 bits per heavy atom. The molecule has 0 fully saturated rings. The van der Waals surface area contributed by atoms with Gasteiger partial charge in [-0.2, -0.15) is 0 Å². The second-order valence-electron chi connectivity index (χ2n) is 12.8. The van der Waals surface area contributed by atoms with Gasteiger partial charge in [0, 0.05) is 32.8 Å². The Labute approximate surface area is 281 Å². The number of aryl methyl sites for hydroxylation is 1. The highest BCUT2D eigenvalue weighted by atomic mass is 15.0. The molecule has 0 radical (unpaired) electrons. The lowest BCUT2D eigenvalue weighted by molar-refractivity contribution is 0.794. The lowest BCUT2D eigenvalue weighted by atomic mass is 9.98. The van der Waals surface area contributed by atoms with Crippen LogP contribution in [0.4, 0.5) is 0 Å². The van der Waals surface area contributed by atoms with Crippen molar-refractivity contribution in [3.8, 4) is 33.6 Å². The molecule has 0 unspecified atom stereocenters. The second kappa shape index (κ2) is 11.7. The number of fused-ring (bicyclic) bond motifs is 7. The minimum absolute atomic E-state index is 1.10. The zero-order chi connectivity index (χ0) is 32.0. The standard InChI is InChI=1S/C46H36N2/c1-2-3-15-32-16-13-21-36(30-32)47-43-27-12-9-24-40(43)45-44(47)29-28-39-38-23-8-11-26-42(38)48(46(39)45)41-25-10-7-22-37(41)35-20-14-19-34(31-35)33-17-5-4-6-18-33/h4-14,16-31H,2-3,15H2,1H3. The fourth-order valence-electron chi connectivity index (χ4n) is 7.68. The molecule has 9 rings (SSSR count). The van der Waals surface area contributed by atoms with Gasteiger partial charge in [0.2, 0.25) is 0 Å². The fourth-order valence-corrected chi connectivity index (χ4v) is 7.68. The van der Waals surface area contributed by atoms with Crippen LogP contribution in [0.5, 0.6) is 0 Å². The quantitative estimate of drug-likeness (QED) is 0.169. The molecule has 0 amide bonds. The van der Waals surface area contributed by atoms with Crippen LogP contribution in [0.1, 0.15) is 25.3 Å². The van der Waals surface area contributed by atoms with Gasteiger partial charge in [-0.05, 0) is 77.6 Å². The van der Waals surface area contributed by atoms with Crippen LogP contribution < -0.4 is 0 Å². The summed E-state index contributed by atoms with van der Waals surface area (Å²) in [5.74, 6) is 0. The molecule has 0 aliphatic rings. The molecule has 0 spiro atoms. The van der Waals surface area contributed by atoms with Gasteiger partial charge in [-0.1, -0.05) is 135 Å². The molecule has 0 atom stereocenters. The summed E-state index contributed by atoms with van der Waals surface area (Å²) in [5, 5.41) is 5.09. The summed E-state index contributed by atoms with van der Waals surface area (Å²) in [7, 11) is 0. The Hall–Kier alpha value is -5.86. The summed E-state index contributed by atoms with van der Waals surface area (Å²) in [6.07, 6.45) is 3.49. The van der Waals surface area contributed by atoms with Crippen LogP contribution in [0.15, 0.2) is 164 Å². The molecular weight excluding hydrogens is 581 g/mol. The Kier molecular flexibility index (Phi) is 6.94. The Balaban J connectivity index is 1.36. The maximum Gasteiger partial charge on any atom is 0.0641 e. The second-order valence-corrected chi connectivity index (χ2v) is 12.8. The van der Waals surface area contributed by atoms with Crippen LogP contribution in [0, 0.1) is 0 Å². The highest BCUT2D eigenvalue weighted by Gasteiger charge is 2.22. The van der Waals surface area contributed by atoms with E-state index in [1.807, 2.05) is 0 Å². The predicted molar refractivity (Wildman–Crippen MR) is 205 cm³/mol. The van der Waals surface area contributed by atoms with E-state index in [-0.39, 0.29) is 0 Å². The predicted octanol–water partition coefficient (Wildman–Crippen LogP) is 12.6. The van der Waals surface area contributed by atoms with Crippen molar-refractivity contribution in [3.05, 3.63) is 169 Å². The van der Waals surface area contributed by atoms with Gasteiger partial charge in [-0.25, -0.2) is 0 Å². The number of hydrogen-bond donors (Lipinski definition) is 0. The van der Waals surface area contributed by atoms with Crippen molar-refractivity contribution in [2.24, 2.45) is 0 Å². The molecule has 0 aliphatic carbocycles. The summed E-state index contributed by atoms with van der Waals surface area (Å²) >= 11 is 0. The van der Waals surface area contributed by atoms with Crippen molar-refractivity contribution < 1.29 is 0 Å². The van der Waals surface area contributed by atoms with Crippen LogP contribution >= 0.6 is 0 Å². The largest absolute Gasteiger partial charge is 0.309 e. The average Bonchev–Trinajstić information content (AvgIpc) is 3.67. The van der Waals surface area contributed by atoms with Crippen molar-refractivity contribution in [3.63, 3.8) is 0 Å². The number of benzene rings is 7. The van der Waals surface area contributed by atoms with Crippen LogP contribution in [0.25, 0.3) is 77.2 Å².